The van der Waals surface area contributed by atoms with Gasteiger partial charge in [-0.3, -0.25) is 0 Å². The molecule has 0 amide bonds. The summed E-state index contributed by atoms with van der Waals surface area (Å²) in [5.74, 6) is -0.499. The second kappa shape index (κ2) is 4.70. The van der Waals surface area contributed by atoms with Gasteiger partial charge in [0, 0.05) is 0 Å². The van der Waals surface area contributed by atoms with Crippen molar-refractivity contribution in [1.82, 2.24) is 0 Å². The van der Waals surface area contributed by atoms with Crippen LogP contribution < -0.4 is 5.73 Å². The van der Waals surface area contributed by atoms with E-state index in [0.29, 0.717) is 5.56 Å². The molecule has 0 bridgehead atoms. The first-order chi connectivity index (χ1) is 8.50. The molecule has 0 fully saturated rings. The molecule has 5 heteroatoms. The van der Waals surface area contributed by atoms with E-state index in [0.717, 1.165) is 0 Å². The van der Waals surface area contributed by atoms with Crippen molar-refractivity contribution in [2.75, 3.05) is 5.73 Å². The summed E-state index contributed by atoms with van der Waals surface area (Å²) in [4.78, 5) is -0.200. The Kier molecular flexibility index (Phi) is 3.25. The lowest BCUT2D eigenvalue weighted by atomic mass is 10.2. The fourth-order valence-corrected chi connectivity index (χ4v) is 3.34. The van der Waals surface area contributed by atoms with Gasteiger partial charge in [-0.2, -0.15) is 0 Å². The summed E-state index contributed by atoms with van der Waals surface area (Å²) in [6.07, 6.45) is 0. The largest absolute Gasteiger partial charge is 0.507 e. The number of nitrogens with two attached hydrogens (primary N) is 1. The Balaban J connectivity index is 2.44. The summed E-state index contributed by atoms with van der Waals surface area (Å²) in [7, 11) is -3.65. The van der Waals surface area contributed by atoms with E-state index in [4.69, 9.17) is 5.73 Å². The molecule has 2 aromatic carbocycles. The van der Waals surface area contributed by atoms with Crippen molar-refractivity contribution < 1.29 is 13.5 Å². The lowest BCUT2D eigenvalue weighted by Gasteiger charge is -2.09. The van der Waals surface area contributed by atoms with E-state index in [1.807, 2.05) is 6.07 Å². The summed E-state index contributed by atoms with van der Waals surface area (Å²) in [5, 5.41) is 9.65. The van der Waals surface area contributed by atoms with Gasteiger partial charge < -0.3 is 10.8 Å². The molecule has 18 heavy (non-hydrogen) atoms. The topological polar surface area (TPSA) is 80.4 Å². The molecule has 2 rings (SSSR count). The van der Waals surface area contributed by atoms with Crippen LogP contribution in [0.3, 0.4) is 0 Å². The zero-order chi connectivity index (χ0) is 13.2. The Morgan fingerprint density at radius 2 is 1.67 bits per heavy atom. The van der Waals surface area contributed by atoms with E-state index in [-0.39, 0.29) is 22.1 Å². The second-order valence-electron chi connectivity index (χ2n) is 3.94. The van der Waals surface area contributed by atoms with Crippen molar-refractivity contribution in [1.29, 1.82) is 0 Å². The number of hydrogen-bond acceptors (Lipinski definition) is 4. The summed E-state index contributed by atoms with van der Waals surface area (Å²) in [6, 6.07) is 13.0. The monoisotopic (exact) mass is 263 g/mol. The van der Waals surface area contributed by atoms with Crippen LogP contribution in [0.4, 0.5) is 5.69 Å². The van der Waals surface area contributed by atoms with Crippen molar-refractivity contribution >= 4 is 15.5 Å². The van der Waals surface area contributed by atoms with Crippen LogP contribution in [-0.2, 0) is 15.6 Å². The molecule has 4 nitrogen and oxygen atoms in total. The highest BCUT2D eigenvalue weighted by Crippen LogP contribution is 2.30. The fraction of sp³-hybridized carbons (Fsp3) is 0.0769. The zero-order valence-electron chi connectivity index (χ0n) is 9.58. The van der Waals surface area contributed by atoms with Crippen LogP contribution in [0, 0.1) is 0 Å². The number of aromatic hydroxyl groups is 1. The molecule has 0 aliphatic heterocycles. The van der Waals surface area contributed by atoms with Gasteiger partial charge in [0.1, 0.15) is 10.6 Å². The maximum Gasteiger partial charge on any atom is 0.188 e. The van der Waals surface area contributed by atoms with Gasteiger partial charge in [-0.1, -0.05) is 36.4 Å². The standard InChI is InChI=1S/C13H13NO3S/c14-11-7-4-8-12(15)13(11)18(16,17)9-10-5-2-1-3-6-10/h1-8,15H,9,14H2. The normalized spacial score (nSPS) is 11.3. The van der Waals surface area contributed by atoms with E-state index in [1.54, 1.807) is 24.3 Å². The van der Waals surface area contributed by atoms with Crippen molar-refractivity contribution in [3.63, 3.8) is 0 Å². The van der Waals surface area contributed by atoms with Gasteiger partial charge in [-0.15, -0.1) is 0 Å². The summed E-state index contributed by atoms with van der Waals surface area (Å²) < 4.78 is 24.4. The smallest absolute Gasteiger partial charge is 0.188 e. The van der Waals surface area contributed by atoms with Crippen molar-refractivity contribution in [2.45, 2.75) is 10.6 Å². The summed E-state index contributed by atoms with van der Waals surface area (Å²) >= 11 is 0. The highest BCUT2D eigenvalue weighted by molar-refractivity contribution is 7.91. The molecule has 0 aliphatic rings. The van der Waals surface area contributed by atoms with Gasteiger partial charge in [0.2, 0.25) is 0 Å². The van der Waals surface area contributed by atoms with E-state index < -0.39 is 9.84 Å². The Morgan fingerprint density at radius 3 is 2.28 bits per heavy atom. The summed E-state index contributed by atoms with van der Waals surface area (Å²) in [6.45, 7) is 0. The highest BCUT2D eigenvalue weighted by atomic mass is 32.2. The second-order valence-corrected chi connectivity index (χ2v) is 5.87. The van der Waals surface area contributed by atoms with Crippen LogP contribution in [0.25, 0.3) is 0 Å². The van der Waals surface area contributed by atoms with Gasteiger partial charge in [-0.05, 0) is 17.7 Å². The number of phenolic OH excluding ortho intramolecular Hbond substituents is 1. The van der Waals surface area contributed by atoms with Gasteiger partial charge in [-0.25, -0.2) is 8.42 Å². The van der Waals surface area contributed by atoms with Crippen LogP contribution in [0.5, 0.6) is 5.75 Å². The average molecular weight is 263 g/mol. The fourth-order valence-electron chi connectivity index (χ4n) is 1.75. The Hall–Kier alpha value is -2.01. The first-order valence-electron chi connectivity index (χ1n) is 5.35. The number of rotatable bonds is 3. The molecule has 0 saturated carbocycles. The number of hydrogen-bond donors (Lipinski definition) is 2. The zero-order valence-corrected chi connectivity index (χ0v) is 10.4. The third-order valence-corrected chi connectivity index (χ3v) is 4.32. The quantitative estimate of drug-likeness (QED) is 0.829. The molecule has 0 unspecified atom stereocenters. The highest BCUT2D eigenvalue weighted by Gasteiger charge is 2.22. The third kappa shape index (κ3) is 2.46. The maximum absolute atomic E-state index is 12.2. The molecule has 0 spiro atoms. The molecule has 0 atom stereocenters. The third-order valence-electron chi connectivity index (χ3n) is 2.54. The van der Waals surface area contributed by atoms with Crippen LogP contribution in [-0.4, -0.2) is 13.5 Å². The van der Waals surface area contributed by atoms with E-state index in [1.165, 1.54) is 18.2 Å². The molecular formula is C13H13NO3S. The average Bonchev–Trinajstić information content (AvgIpc) is 2.28. The lowest BCUT2D eigenvalue weighted by Crippen LogP contribution is -2.08. The van der Waals surface area contributed by atoms with Crippen LogP contribution in [0.15, 0.2) is 53.4 Å². The molecular weight excluding hydrogens is 250 g/mol. The summed E-state index contributed by atoms with van der Waals surface area (Å²) in [5.41, 5.74) is 6.34. The number of benzene rings is 2. The number of sulfone groups is 1. The SMILES string of the molecule is Nc1cccc(O)c1S(=O)(=O)Cc1ccccc1. The van der Waals surface area contributed by atoms with Gasteiger partial charge in [0.05, 0.1) is 11.4 Å². The van der Waals surface area contributed by atoms with E-state index >= 15 is 0 Å². The number of nitrogen functional groups attached to an aromatic ring is 1. The van der Waals surface area contributed by atoms with E-state index in [2.05, 4.69) is 0 Å². The van der Waals surface area contributed by atoms with Crippen LogP contribution in [0.2, 0.25) is 0 Å². The lowest BCUT2D eigenvalue weighted by molar-refractivity contribution is 0.459. The molecule has 0 heterocycles. The predicted octanol–water partition coefficient (Wildman–Crippen LogP) is 1.95. The minimum Gasteiger partial charge on any atom is -0.507 e. The van der Waals surface area contributed by atoms with Crippen LogP contribution in [0.1, 0.15) is 5.56 Å². The predicted molar refractivity (Wildman–Crippen MR) is 69.9 cm³/mol. The van der Waals surface area contributed by atoms with E-state index in [9.17, 15) is 13.5 Å². The first-order valence-corrected chi connectivity index (χ1v) is 7.00. The Bertz CT molecular complexity index is 631. The van der Waals surface area contributed by atoms with Gasteiger partial charge in [0.15, 0.2) is 9.84 Å². The van der Waals surface area contributed by atoms with Gasteiger partial charge in [0.25, 0.3) is 0 Å². The molecule has 3 N–H and O–H groups in total. The number of phenols is 1. The van der Waals surface area contributed by atoms with Crippen molar-refractivity contribution in [3.05, 3.63) is 54.1 Å². The molecule has 0 radical (unpaired) electrons. The molecule has 94 valence electrons. The van der Waals surface area contributed by atoms with Crippen LogP contribution >= 0.6 is 0 Å². The van der Waals surface area contributed by atoms with Crippen molar-refractivity contribution in [2.24, 2.45) is 0 Å². The molecule has 2 aromatic rings. The molecule has 0 saturated heterocycles. The Morgan fingerprint density at radius 1 is 1.00 bits per heavy atom. The van der Waals surface area contributed by atoms with Crippen molar-refractivity contribution in [3.8, 4) is 5.75 Å². The maximum atomic E-state index is 12.2. The minimum atomic E-state index is -3.65. The first kappa shape index (κ1) is 12.4. The van der Waals surface area contributed by atoms with Gasteiger partial charge >= 0.3 is 0 Å². The number of anilines is 1. The minimum absolute atomic E-state index is 0.0610. The Labute approximate surface area is 106 Å². The molecule has 0 aliphatic carbocycles. The molecule has 0 aromatic heterocycles.